The highest BCUT2D eigenvalue weighted by atomic mass is 79.9. The van der Waals surface area contributed by atoms with Gasteiger partial charge < -0.3 is 4.90 Å². The molecule has 120 valence electrons. The Morgan fingerprint density at radius 3 is 2.61 bits per heavy atom. The highest BCUT2D eigenvalue weighted by Gasteiger charge is 2.32. The van der Waals surface area contributed by atoms with Crippen LogP contribution >= 0.6 is 15.9 Å². The summed E-state index contributed by atoms with van der Waals surface area (Å²) in [6.07, 6.45) is 1.02. The van der Waals surface area contributed by atoms with Crippen molar-refractivity contribution < 1.29 is 4.79 Å². The summed E-state index contributed by atoms with van der Waals surface area (Å²) in [7, 11) is 1.87. The van der Waals surface area contributed by atoms with Crippen molar-refractivity contribution in [3.05, 3.63) is 64.1 Å². The van der Waals surface area contributed by atoms with E-state index in [2.05, 4.69) is 58.1 Å². The Labute approximate surface area is 146 Å². The number of nitrogens with zero attached hydrogens (tertiary/aromatic N) is 2. The fraction of sp³-hybridized carbons (Fsp3) is 0.316. The molecular weight excluding hydrogens is 352 g/mol. The van der Waals surface area contributed by atoms with E-state index in [4.69, 9.17) is 0 Å². The zero-order valence-electron chi connectivity index (χ0n) is 13.5. The van der Waals surface area contributed by atoms with E-state index >= 15 is 0 Å². The first-order valence-corrected chi connectivity index (χ1v) is 8.76. The number of hydrogen-bond donors (Lipinski definition) is 0. The number of fused-ring (bicyclic) bond motifs is 1. The standard InChI is InChI=1S/C19H21BrN2O/c1-3-11-22-13-18(23)21(2)17-10-9-15(20)12-16(17)19(22)14-7-5-4-6-8-14/h4-10,12,19H,3,11,13H2,1-2H3. The van der Waals surface area contributed by atoms with Gasteiger partial charge in [-0.2, -0.15) is 0 Å². The van der Waals surface area contributed by atoms with Crippen LogP contribution in [-0.4, -0.2) is 30.9 Å². The van der Waals surface area contributed by atoms with Crippen molar-refractivity contribution in [2.45, 2.75) is 19.4 Å². The minimum atomic E-state index is 0.0950. The molecular formula is C19H21BrN2O. The Morgan fingerprint density at radius 1 is 1.17 bits per heavy atom. The fourth-order valence-corrected chi connectivity index (χ4v) is 3.65. The van der Waals surface area contributed by atoms with Gasteiger partial charge in [-0.15, -0.1) is 0 Å². The Bertz CT molecular complexity index is 702. The lowest BCUT2D eigenvalue weighted by Gasteiger charge is -2.30. The van der Waals surface area contributed by atoms with Crippen LogP contribution in [0.2, 0.25) is 0 Å². The minimum absolute atomic E-state index is 0.0950. The smallest absolute Gasteiger partial charge is 0.240 e. The number of anilines is 1. The monoisotopic (exact) mass is 372 g/mol. The average molecular weight is 373 g/mol. The maximum Gasteiger partial charge on any atom is 0.240 e. The van der Waals surface area contributed by atoms with Crippen LogP contribution in [0.15, 0.2) is 53.0 Å². The lowest BCUT2D eigenvalue weighted by atomic mass is 9.95. The molecule has 0 bridgehead atoms. The SMILES string of the molecule is CCCN1CC(=O)N(C)c2ccc(Br)cc2C1c1ccccc1. The predicted molar refractivity (Wildman–Crippen MR) is 97.7 cm³/mol. The van der Waals surface area contributed by atoms with E-state index in [0.29, 0.717) is 6.54 Å². The molecule has 3 rings (SSSR count). The van der Waals surface area contributed by atoms with Crippen LogP contribution in [0.1, 0.15) is 30.5 Å². The fourth-order valence-electron chi connectivity index (χ4n) is 3.27. The second-order valence-electron chi connectivity index (χ2n) is 5.94. The van der Waals surface area contributed by atoms with Gasteiger partial charge >= 0.3 is 0 Å². The molecule has 1 heterocycles. The molecule has 1 atom stereocenters. The Balaban J connectivity index is 2.20. The van der Waals surface area contributed by atoms with Crippen LogP contribution in [0.25, 0.3) is 0 Å². The normalized spacial score (nSPS) is 18.7. The number of rotatable bonds is 3. The second kappa shape index (κ2) is 6.85. The summed E-state index contributed by atoms with van der Waals surface area (Å²) < 4.78 is 1.04. The third kappa shape index (κ3) is 3.19. The van der Waals surface area contributed by atoms with E-state index in [-0.39, 0.29) is 11.9 Å². The first-order chi connectivity index (χ1) is 11.1. The third-order valence-corrected chi connectivity index (χ3v) is 4.84. The number of hydrogen-bond acceptors (Lipinski definition) is 2. The second-order valence-corrected chi connectivity index (χ2v) is 6.86. The van der Waals surface area contributed by atoms with Crippen molar-refractivity contribution in [1.29, 1.82) is 0 Å². The minimum Gasteiger partial charge on any atom is -0.314 e. The highest BCUT2D eigenvalue weighted by Crippen LogP contribution is 2.38. The van der Waals surface area contributed by atoms with Gasteiger partial charge in [0, 0.05) is 17.2 Å². The van der Waals surface area contributed by atoms with E-state index in [1.54, 1.807) is 4.90 Å². The molecule has 23 heavy (non-hydrogen) atoms. The van der Waals surface area contributed by atoms with Crippen LogP contribution in [0.5, 0.6) is 0 Å². The summed E-state index contributed by atoms with van der Waals surface area (Å²) in [5.41, 5.74) is 3.39. The Morgan fingerprint density at radius 2 is 1.91 bits per heavy atom. The number of carbonyl (C=O) groups is 1. The molecule has 1 aliphatic heterocycles. The molecule has 1 amide bonds. The molecule has 2 aromatic rings. The van der Waals surface area contributed by atoms with Gasteiger partial charge in [0.2, 0.25) is 5.91 Å². The average Bonchev–Trinajstić information content (AvgIpc) is 2.64. The van der Waals surface area contributed by atoms with Gasteiger partial charge in [-0.25, -0.2) is 0 Å². The molecule has 0 N–H and O–H groups in total. The maximum atomic E-state index is 12.6. The zero-order chi connectivity index (χ0) is 16.4. The quantitative estimate of drug-likeness (QED) is 0.804. The summed E-state index contributed by atoms with van der Waals surface area (Å²) >= 11 is 3.59. The van der Waals surface area contributed by atoms with Gasteiger partial charge in [-0.1, -0.05) is 53.2 Å². The lowest BCUT2D eigenvalue weighted by molar-refractivity contribution is -0.119. The number of carbonyl (C=O) groups excluding carboxylic acids is 1. The van der Waals surface area contributed by atoms with E-state index in [1.165, 1.54) is 11.1 Å². The molecule has 1 aliphatic rings. The molecule has 0 spiro atoms. The molecule has 0 aromatic heterocycles. The Kier molecular flexibility index (Phi) is 4.83. The highest BCUT2D eigenvalue weighted by molar-refractivity contribution is 9.10. The first kappa shape index (κ1) is 16.2. The molecule has 0 aliphatic carbocycles. The van der Waals surface area contributed by atoms with Gasteiger partial charge in [0.1, 0.15) is 0 Å². The van der Waals surface area contributed by atoms with Crippen LogP contribution in [0, 0.1) is 0 Å². The summed E-state index contributed by atoms with van der Waals surface area (Å²) in [5, 5.41) is 0. The van der Waals surface area contributed by atoms with Crippen molar-refractivity contribution >= 4 is 27.5 Å². The number of amides is 1. The van der Waals surface area contributed by atoms with E-state index in [1.807, 2.05) is 25.2 Å². The van der Waals surface area contributed by atoms with Gasteiger partial charge in [-0.3, -0.25) is 9.69 Å². The van der Waals surface area contributed by atoms with Gasteiger partial charge in [-0.05, 0) is 42.3 Å². The van der Waals surface area contributed by atoms with Crippen LogP contribution < -0.4 is 4.90 Å². The van der Waals surface area contributed by atoms with Crippen molar-refractivity contribution in [2.75, 3.05) is 25.0 Å². The van der Waals surface area contributed by atoms with Crippen LogP contribution in [-0.2, 0) is 4.79 Å². The Hall–Kier alpha value is -1.65. The van der Waals surface area contributed by atoms with E-state index < -0.39 is 0 Å². The van der Waals surface area contributed by atoms with Crippen LogP contribution in [0.4, 0.5) is 5.69 Å². The molecule has 2 aromatic carbocycles. The molecule has 0 saturated heterocycles. The summed E-state index contributed by atoms with van der Waals surface area (Å²) in [5.74, 6) is 0.139. The topological polar surface area (TPSA) is 23.6 Å². The van der Waals surface area contributed by atoms with Crippen LogP contribution in [0.3, 0.4) is 0 Å². The predicted octanol–water partition coefficient (Wildman–Crippen LogP) is 4.23. The first-order valence-electron chi connectivity index (χ1n) is 7.96. The largest absolute Gasteiger partial charge is 0.314 e. The lowest BCUT2D eigenvalue weighted by Crippen LogP contribution is -2.37. The van der Waals surface area contributed by atoms with Gasteiger partial charge in [0.05, 0.1) is 12.6 Å². The maximum absolute atomic E-state index is 12.6. The summed E-state index contributed by atoms with van der Waals surface area (Å²) in [6, 6.07) is 16.7. The molecule has 0 radical (unpaired) electrons. The van der Waals surface area contributed by atoms with Crippen molar-refractivity contribution in [3.8, 4) is 0 Å². The van der Waals surface area contributed by atoms with Crippen molar-refractivity contribution in [1.82, 2.24) is 4.90 Å². The van der Waals surface area contributed by atoms with E-state index in [9.17, 15) is 4.79 Å². The van der Waals surface area contributed by atoms with E-state index in [0.717, 1.165) is 23.1 Å². The van der Waals surface area contributed by atoms with Gasteiger partial charge in [0.25, 0.3) is 0 Å². The number of likely N-dealkylation sites (N-methyl/N-ethyl adjacent to an activating group) is 1. The molecule has 4 heteroatoms. The molecule has 0 fully saturated rings. The van der Waals surface area contributed by atoms with Crippen molar-refractivity contribution in [2.24, 2.45) is 0 Å². The molecule has 1 unspecified atom stereocenters. The van der Waals surface area contributed by atoms with Crippen molar-refractivity contribution in [3.63, 3.8) is 0 Å². The zero-order valence-corrected chi connectivity index (χ0v) is 15.1. The molecule has 0 saturated carbocycles. The summed E-state index contributed by atoms with van der Waals surface area (Å²) in [4.78, 5) is 16.7. The van der Waals surface area contributed by atoms with Gasteiger partial charge in [0.15, 0.2) is 0 Å². The molecule has 3 nitrogen and oxygen atoms in total. The summed E-state index contributed by atoms with van der Waals surface area (Å²) in [6.45, 7) is 3.49. The number of benzene rings is 2. The third-order valence-electron chi connectivity index (χ3n) is 4.35. The number of halogens is 1.